The van der Waals surface area contributed by atoms with Crippen molar-refractivity contribution < 1.29 is 4.79 Å². The minimum absolute atomic E-state index is 0.136. The Bertz CT molecular complexity index is 446. The zero-order valence-corrected chi connectivity index (χ0v) is 11.2. The van der Waals surface area contributed by atoms with Gasteiger partial charge in [0.15, 0.2) is 0 Å². The Morgan fingerprint density at radius 3 is 2.61 bits per heavy atom. The van der Waals surface area contributed by atoms with E-state index in [0.717, 1.165) is 12.1 Å². The van der Waals surface area contributed by atoms with Gasteiger partial charge in [-0.2, -0.15) is 0 Å². The average molecular weight is 244 g/mol. The minimum Gasteiger partial charge on any atom is -0.382 e. The molecule has 0 spiro atoms. The van der Waals surface area contributed by atoms with Gasteiger partial charge in [0, 0.05) is 11.7 Å². The van der Waals surface area contributed by atoms with Crippen LogP contribution < -0.4 is 10.6 Å². The van der Waals surface area contributed by atoms with E-state index in [2.05, 4.69) is 16.6 Å². The first-order chi connectivity index (χ1) is 8.58. The van der Waals surface area contributed by atoms with Gasteiger partial charge in [-0.25, -0.2) is 0 Å². The maximum atomic E-state index is 12.1. The molecule has 3 nitrogen and oxygen atoms in total. The monoisotopic (exact) mass is 244 g/mol. The number of para-hydroxylation sites is 1. The summed E-state index contributed by atoms with van der Waals surface area (Å²) in [6.07, 6.45) is 6.07. The second kappa shape index (κ2) is 6.70. The molecule has 96 valence electrons. The maximum Gasteiger partial charge on any atom is 0.254 e. The number of nitrogens with one attached hydrogen (secondary N) is 2. The largest absolute Gasteiger partial charge is 0.382 e. The molecule has 1 amide bonds. The first-order valence-electron chi connectivity index (χ1n) is 6.21. The van der Waals surface area contributed by atoms with Gasteiger partial charge in [-0.3, -0.25) is 4.79 Å². The van der Waals surface area contributed by atoms with Crippen molar-refractivity contribution in [3.8, 4) is 12.3 Å². The van der Waals surface area contributed by atoms with Crippen molar-refractivity contribution in [3.63, 3.8) is 0 Å². The lowest BCUT2D eigenvalue weighted by Crippen LogP contribution is -2.33. The minimum atomic E-state index is -0.218. The molecule has 0 fully saturated rings. The van der Waals surface area contributed by atoms with Gasteiger partial charge in [0.25, 0.3) is 5.91 Å². The highest BCUT2D eigenvalue weighted by Gasteiger charge is 2.13. The summed E-state index contributed by atoms with van der Waals surface area (Å²) in [4.78, 5) is 12.1. The lowest BCUT2D eigenvalue weighted by molar-refractivity contribution is 0.0946. The van der Waals surface area contributed by atoms with E-state index in [0.29, 0.717) is 5.56 Å². The van der Waals surface area contributed by atoms with E-state index in [-0.39, 0.29) is 18.0 Å². The fourth-order valence-corrected chi connectivity index (χ4v) is 1.62. The number of anilines is 1. The Hall–Kier alpha value is -1.95. The van der Waals surface area contributed by atoms with Gasteiger partial charge in [-0.1, -0.05) is 25.0 Å². The number of hydrogen-bond acceptors (Lipinski definition) is 2. The zero-order valence-electron chi connectivity index (χ0n) is 11.2. The van der Waals surface area contributed by atoms with Crippen LogP contribution in [0.5, 0.6) is 0 Å². The number of amides is 1. The fourth-order valence-electron chi connectivity index (χ4n) is 1.62. The molecule has 0 aliphatic heterocycles. The Morgan fingerprint density at radius 1 is 1.39 bits per heavy atom. The van der Waals surface area contributed by atoms with Crippen molar-refractivity contribution in [3.05, 3.63) is 29.8 Å². The molecule has 0 heterocycles. The highest BCUT2D eigenvalue weighted by Crippen LogP contribution is 2.16. The molecule has 0 aromatic heterocycles. The Kier molecular flexibility index (Phi) is 5.26. The third-order valence-electron chi connectivity index (χ3n) is 2.53. The van der Waals surface area contributed by atoms with Crippen molar-refractivity contribution in [2.45, 2.75) is 39.3 Å². The number of terminal acetylenes is 1. The van der Waals surface area contributed by atoms with Crippen LogP contribution in [0.4, 0.5) is 5.69 Å². The predicted octanol–water partition coefficient (Wildman–Crippen LogP) is 2.65. The standard InChI is InChI=1S/C15H20N2O/c1-5-12(6-2)17-15(18)13-9-7-8-10-14(13)16-11(3)4/h1,7-12,16H,6H2,2-4H3,(H,17,18). The van der Waals surface area contributed by atoms with Crippen LogP contribution in [0, 0.1) is 12.3 Å². The highest BCUT2D eigenvalue weighted by atomic mass is 16.1. The summed E-state index contributed by atoms with van der Waals surface area (Å²) < 4.78 is 0. The third-order valence-corrected chi connectivity index (χ3v) is 2.53. The summed E-state index contributed by atoms with van der Waals surface area (Å²) in [6.45, 7) is 6.01. The second-order valence-corrected chi connectivity index (χ2v) is 4.45. The second-order valence-electron chi connectivity index (χ2n) is 4.45. The zero-order chi connectivity index (χ0) is 13.5. The lowest BCUT2D eigenvalue weighted by Gasteiger charge is -2.16. The average Bonchev–Trinajstić information content (AvgIpc) is 2.35. The number of benzene rings is 1. The van der Waals surface area contributed by atoms with Gasteiger partial charge in [0.1, 0.15) is 0 Å². The van der Waals surface area contributed by atoms with E-state index >= 15 is 0 Å². The van der Waals surface area contributed by atoms with Gasteiger partial charge in [-0.05, 0) is 32.4 Å². The van der Waals surface area contributed by atoms with Crippen LogP contribution in [0.25, 0.3) is 0 Å². The molecule has 0 bridgehead atoms. The van der Waals surface area contributed by atoms with E-state index in [4.69, 9.17) is 6.42 Å². The highest BCUT2D eigenvalue weighted by molar-refractivity contribution is 5.99. The van der Waals surface area contributed by atoms with Crippen molar-refractivity contribution in [1.82, 2.24) is 5.32 Å². The molecule has 0 saturated heterocycles. The van der Waals surface area contributed by atoms with Gasteiger partial charge >= 0.3 is 0 Å². The van der Waals surface area contributed by atoms with Crippen LogP contribution >= 0.6 is 0 Å². The first-order valence-corrected chi connectivity index (χ1v) is 6.21. The molecular formula is C15H20N2O. The molecule has 0 radical (unpaired) electrons. The molecule has 0 aliphatic carbocycles. The molecule has 0 aliphatic rings. The van der Waals surface area contributed by atoms with Crippen molar-refractivity contribution in [2.24, 2.45) is 0 Å². The van der Waals surface area contributed by atoms with Crippen molar-refractivity contribution >= 4 is 11.6 Å². The first kappa shape index (κ1) is 14.1. The van der Waals surface area contributed by atoms with Crippen LogP contribution in [0.15, 0.2) is 24.3 Å². The van der Waals surface area contributed by atoms with Gasteiger partial charge in [0.2, 0.25) is 0 Å². The summed E-state index contributed by atoms with van der Waals surface area (Å²) in [5, 5.41) is 6.08. The molecule has 1 aromatic carbocycles. The molecule has 0 saturated carbocycles. The number of carbonyl (C=O) groups is 1. The summed E-state index contributed by atoms with van der Waals surface area (Å²) in [5.74, 6) is 2.42. The topological polar surface area (TPSA) is 41.1 Å². The Labute approximate surface area is 109 Å². The smallest absolute Gasteiger partial charge is 0.254 e. The van der Waals surface area contributed by atoms with Gasteiger partial charge < -0.3 is 10.6 Å². The van der Waals surface area contributed by atoms with Crippen LogP contribution in [-0.4, -0.2) is 18.0 Å². The maximum absolute atomic E-state index is 12.1. The Balaban J connectivity index is 2.88. The summed E-state index contributed by atoms with van der Waals surface area (Å²) in [5.41, 5.74) is 1.46. The summed E-state index contributed by atoms with van der Waals surface area (Å²) in [7, 11) is 0. The van der Waals surface area contributed by atoms with Gasteiger partial charge in [0.05, 0.1) is 11.6 Å². The lowest BCUT2D eigenvalue weighted by atomic mass is 10.1. The molecule has 1 rings (SSSR count). The SMILES string of the molecule is C#CC(CC)NC(=O)c1ccccc1NC(C)C. The molecular weight excluding hydrogens is 224 g/mol. The van der Waals surface area contributed by atoms with E-state index in [1.165, 1.54) is 0 Å². The summed E-state index contributed by atoms with van der Waals surface area (Å²) >= 11 is 0. The summed E-state index contributed by atoms with van der Waals surface area (Å²) in [6, 6.07) is 7.49. The van der Waals surface area contributed by atoms with Crippen LogP contribution in [0.1, 0.15) is 37.6 Å². The Morgan fingerprint density at radius 2 is 2.06 bits per heavy atom. The van der Waals surface area contributed by atoms with Crippen LogP contribution in [0.2, 0.25) is 0 Å². The van der Waals surface area contributed by atoms with E-state index in [1.807, 2.05) is 39.0 Å². The molecule has 2 N–H and O–H groups in total. The molecule has 1 atom stereocenters. The van der Waals surface area contributed by atoms with E-state index < -0.39 is 0 Å². The van der Waals surface area contributed by atoms with E-state index in [1.54, 1.807) is 6.07 Å². The van der Waals surface area contributed by atoms with Crippen LogP contribution in [0.3, 0.4) is 0 Å². The number of carbonyl (C=O) groups excluding carboxylic acids is 1. The van der Waals surface area contributed by atoms with Gasteiger partial charge in [-0.15, -0.1) is 6.42 Å². The fraction of sp³-hybridized carbons (Fsp3) is 0.400. The van der Waals surface area contributed by atoms with E-state index in [9.17, 15) is 4.79 Å². The van der Waals surface area contributed by atoms with Crippen LogP contribution in [-0.2, 0) is 0 Å². The molecule has 1 unspecified atom stereocenters. The normalized spacial score (nSPS) is 11.7. The van der Waals surface area contributed by atoms with Crippen molar-refractivity contribution in [1.29, 1.82) is 0 Å². The molecule has 1 aromatic rings. The van der Waals surface area contributed by atoms with Crippen molar-refractivity contribution in [2.75, 3.05) is 5.32 Å². The molecule has 18 heavy (non-hydrogen) atoms. The quantitative estimate of drug-likeness (QED) is 0.782. The predicted molar refractivity (Wildman–Crippen MR) is 75.6 cm³/mol. The molecule has 3 heteroatoms. The third kappa shape index (κ3) is 3.81. The number of rotatable bonds is 5. The number of hydrogen-bond donors (Lipinski definition) is 2.